The lowest BCUT2D eigenvalue weighted by Crippen LogP contribution is -2.48. The molecular weight excluding hydrogens is 383 g/mol. The molecule has 0 aliphatic carbocycles. The van der Waals surface area contributed by atoms with E-state index in [1.807, 2.05) is 13.8 Å². The van der Waals surface area contributed by atoms with Crippen LogP contribution in [0.15, 0.2) is 47.4 Å². The molecule has 0 radical (unpaired) electrons. The number of rotatable bonds is 4. The Hall–Kier alpha value is -2.45. The molecule has 1 aliphatic heterocycles. The molecule has 0 bridgehead atoms. The van der Waals surface area contributed by atoms with Gasteiger partial charge in [0.25, 0.3) is 15.9 Å². The minimum atomic E-state index is -3.85. The topological polar surface area (TPSA) is 75.7 Å². The summed E-state index contributed by atoms with van der Waals surface area (Å²) in [4.78, 5) is 14.4. The molecule has 1 saturated heterocycles. The second-order valence-corrected chi connectivity index (χ2v) is 8.74. The number of ether oxygens (including phenoxy) is 1. The van der Waals surface area contributed by atoms with Crippen LogP contribution < -0.4 is 4.72 Å². The first-order chi connectivity index (χ1) is 13.2. The number of hydrogen-bond donors (Lipinski definition) is 1. The Labute approximate surface area is 164 Å². The Morgan fingerprint density at radius 3 is 2.29 bits per heavy atom. The smallest absolute Gasteiger partial charge is 0.261 e. The Balaban J connectivity index is 1.73. The third-order valence-corrected chi connectivity index (χ3v) is 5.91. The van der Waals surface area contributed by atoms with Crippen LogP contribution in [0.1, 0.15) is 29.8 Å². The number of amides is 1. The SMILES string of the molecule is Cc1cc(S(=O)(=O)Nc2ccc(C(=O)N3C[C@@H](C)O[C@H](C)C3)cc2)ccc1F. The molecule has 28 heavy (non-hydrogen) atoms. The number of nitrogens with zero attached hydrogens (tertiary/aromatic N) is 1. The molecule has 3 rings (SSSR count). The van der Waals surface area contributed by atoms with E-state index < -0.39 is 15.8 Å². The molecule has 6 nitrogen and oxygen atoms in total. The molecule has 8 heteroatoms. The van der Waals surface area contributed by atoms with Crippen molar-refractivity contribution < 1.29 is 22.3 Å². The van der Waals surface area contributed by atoms with E-state index in [2.05, 4.69) is 4.72 Å². The highest BCUT2D eigenvalue weighted by Crippen LogP contribution is 2.20. The molecule has 0 saturated carbocycles. The number of aryl methyl sites for hydroxylation is 1. The Morgan fingerprint density at radius 1 is 1.11 bits per heavy atom. The standard InChI is InChI=1S/C20H23FN2O4S/c1-13-10-18(8-9-19(13)21)28(25,26)22-17-6-4-16(5-7-17)20(24)23-11-14(2)27-15(3)12-23/h4-10,14-15,22H,11-12H2,1-3H3/t14-,15-/m1/s1. The van der Waals surface area contributed by atoms with Crippen LogP contribution in [0.25, 0.3) is 0 Å². The van der Waals surface area contributed by atoms with Crippen LogP contribution in [-0.2, 0) is 14.8 Å². The Morgan fingerprint density at radius 2 is 1.71 bits per heavy atom. The first kappa shape index (κ1) is 20.3. The lowest BCUT2D eigenvalue weighted by molar-refractivity contribution is -0.0586. The molecule has 150 valence electrons. The number of carbonyl (C=O) groups excluding carboxylic acids is 1. The Bertz CT molecular complexity index is 966. The number of benzene rings is 2. The second kappa shape index (κ2) is 7.89. The fourth-order valence-corrected chi connectivity index (χ4v) is 4.35. The molecule has 2 aromatic carbocycles. The van der Waals surface area contributed by atoms with Crippen molar-refractivity contribution in [1.82, 2.24) is 4.90 Å². The fourth-order valence-electron chi connectivity index (χ4n) is 3.21. The van der Waals surface area contributed by atoms with Gasteiger partial charge in [-0.1, -0.05) is 0 Å². The number of hydrogen-bond acceptors (Lipinski definition) is 4. The van der Waals surface area contributed by atoms with Crippen LogP contribution in [0.3, 0.4) is 0 Å². The summed E-state index contributed by atoms with van der Waals surface area (Å²) in [5.74, 6) is -0.584. The summed E-state index contributed by atoms with van der Waals surface area (Å²) in [6.45, 7) is 6.38. The van der Waals surface area contributed by atoms with E-state index in [0.29, 0.717) is 24.3 Å². The molecule has 1 amide bonds. The molecule has 1 N–H and O–H groups in total. The van der Waals surface area contributed by atoms with Gasteiger partial charge >= 0.3 is 0 Å². The van der Waals surface area contributed by atoms with Crippen molar-refractivity contribution in [2.75, 3.05) is 17.8 Å². The van der Waals surface area contributed by atoms with Gasteiger partial charge in [0.15, 0.2) is 0 Å². The summed E-state index contributed by atoms with van der Waals surface area (Å²) < 4.78 is 46.4. The van der Waals surface area contributed by atoms with E-state index in [9.17, 15) is 17.6 Å². The summed E-state index contributed by atoms with van der Waals surface area (Å²) in [7, 11) is -3.85. The van der Waals surface area contributed by atoms with Gasteiger partial charge in [0.05, 0.1) is 17.1 Å². The van der Waals surface area contributed by atoms with Crippen molar-refractivity contribution in [3.05, 3.63) is 59.4 Å². The first-order valence-electron chi connectivity index (χ1n) is 8.99. The van der Waals surface area contributed by atoms with Crippen molar-refractivity contribution >= 4 is 21.6 Å². The fraction of sp³-hybridized carbons (Fsp3) is 0.350. The van der Waals surface area contributed by atoms with E-state index in [4.69, 9.17) is 4.74 Å². The van der Waals surface area contributed by atoms with Gasteiger partial charge in [-0.05, 0) is 68.8 Å². The maximum Gasteiger partial charge on any atom is 0.261 e. The average molecular weight is 406 g/mol. The number of halogens is 1. The molecule has 2 atom stereocenters. The number of nitrogens with one attached hydrogen (secondary N) is 1. The predicted octanol–water partition coefficient (Wildman–Crippen LogP) is 3.18. The van der Waals surface area contributed by atoms with Gasteiger partial charge in [-0.15, -0.1) is 0 Å². The Kier molecular flexibility index (Phi) is 5.71. The zero-order valence-corrected chi connectivity index (χ0v) is 16.8. The molecule has 2 aromatic rings. The lowest BCUT2D eigenvalue weighted by atomic mass is 10.1. The van der Waals surface area contributed by atoms with E-state index in [1.165, 1.54) is 31.2 Å². The van der Waals surface area contributed by atoms with Crippen LogP contribution in [0.4, 0.5) is 10.1 Å². The summed E-state index contributed by atoms with van der Waals surface area (Å²) in [6, 6.07) is 9.85. The van der Waals surface area contributed by atoms with Gasteiger partial charge in [0.1, 0.15) is 5.82 Å². The molecule has 0 aromatic heterocycles. The summed E-state index contributed by atoms with van der Waals surface area (Å²) in [5, 5.41) is 0. The molecular formula is C20H23FN2O4S. The third-order valence-electron chi connectivity index (χ3n) is 4.53. The summed E-state index contributed by atoms with van der Waals surface area (Å²) in [6.07, 6.45) is -0.0594. The quantitative estimate of drug-likeness (QED) is 0.846. The number of sulfonamides is 1. The van der Waals surface area contributed by atoms with Crippen molar-refractivity contribution in [2.45, 2.75) is 37.9 Å². The minimum absolute atomic E-state index is 0.0251. The lowest BCUT2D eigenvalue weighted by Gasteiger charge is -2.35. The normalized spacial score (nSPS) is 20.1. The average Bonchev–Trinajstić information content (AvgIpc) is 2.63. The van der Waals surface area contributed by atoms with Crippen molar-refractivity contribution in [1.29, 1.82) is 0 Å². The zero-order valence-electron chi connectivity index (χ0n) is 16.0. The molecule has 1 fully saturated rings. The third kappa shape index (κ3) is 4.51. The van der Waals surface area contributed by atoms with Gasteiger partial charge < -0.3 is 9.64 Å². The van der Waals surface area contributed by atoms with Gasteiger partial charge in [0, 0.05) is 24.3 Å². The highest BCUT2D eigenvalue weighted by Gasteiger charge is 2.26. The zero-order chi connectivity index (χ0) is 20.5. The van der Waals surface area contributed by atoms with Crippen LogP contribution in [0.2, 0.25) is 0 Å². The number of anilines is 1. The summed E-state index contributed by atoms with van der Waals surface area (Å²) in [5.41, 5.74) is 1.04. The highest BCUT2D eigenvalue weighted by molar-refractivity contribution is 7.92. The van der Waals surface area contributed by atoms with Gasteiger partial charge in [-0.3, -0.25) is 9.52 Å². The maximum atomic E-state index is 13.4. The predicted molar refractivity (Wildman–Crippen MR) is 104 cm³/mol. The van der Waals surface area contributed by atoms with Gasteiger partial charge in [0.2, 0.25) is 0 Å². The van der Waals surface area contributed by atoms with Gasteiger partial charge in [-0.25, -0.2) is 12.8 Å². The van der Waals surface area contributed by atoms with Crippen LogP contribution in [-0.4, -0.2) is 44.5 Å². The van der Waals surface area contributed by atoms with Crippen LogP contribution >= 0.6 is 0 Å². The van der Waals surface area contributed by atoms with Crippen molar-refractivity contribution in [3.63, 3.8) is 0 Å². The van der Waals surface area contributed by atoms with E-state index in [1.54, 1.807) is 17.0 Å². The van der Waals surface area contributed by atoms with E-state index >= 15 is 0 Å². The van der Waals surface area contributed by atoms with Crippen molar-refractivity contribution in [3.8, 4) is 0 Å². The molecule has 0 unspecified atom stereocenters. The monoisotopic (exact) mass is 406 g/mol. The maximum absolute atomic E-state index is 13.4. The summed E-state index contributed by atoms with van der Waals surface area (Å²) >= 11 is 0. The molecule has 1 aliphatic rings. The van der Waals surface area contributed by atoms with E-state index in [-0.39, 0.29) is 28.6 Å². The van der Waals surface area contributed by atoms with Crippen LogP contribution in [0.5, 0.6) is 0 Å². The van der Waals surface area contributed by atoms with Crippen molar-refractivity contribution in [2.24, 2.45) is 0 Å². The second-order valence-electron chi connectivity index (χ2n) is 7.06. The number of morpholine rings is 1. The molecule has 1 heterocycles. The van der Waals surface area contributed by atoms with Crippen LogP contribution in [0, 0.1) is 12.7 Å². The largest absolute Gasteiger partial charge is 0.372 e. The minimum Gasteiger partial charge on any atom is -0.372 e. The molecule has 0 spiro atoms. The van der Waals surface area contributed by atoms with Gasteiger partial charge in [-0.2, -0.15) is 0 Å². The first-order valence-corrected chi connectivity index (χ1v) is 10.5. The number of carbonyl (C=O) groups is 1. The van der Waals surface area contributed by atoms with E-state index in [0.717, 1.165) is 6.07 Å². The highest BCUT2D eigenvalue weighted by atomic mass is 32.2.